The van der Waals surface area contributed by atoms with Crippen molar-refractivity contribution in [1.29, 1.82) is 0 Å². The van der Waals surface area contributed by atoms with Gasteiger partial charge in [0.15, 0.2) is 0 Å². The van der Waals surface area contributed by atoms with Crippen molar-refractivity contribution in [3.63, 3.8) is 0 Å². The van der Waals surface area contributed by atoms with E-state index in [0.29, 0.717) is 11.6 Å². The second-order valence-electron chi connectivity index (χ2n) is 5.23. The van der Waals surface area contributed by atoms with Crippen molar-refractivity contribution >= 4 is 11.7 Å². The summed E-state index contributed by atoms with van der Waals surface area (Å²) < 4.78 is 0. The van der Waals surface area contributed by atoms with Gasteiger partial charge in [0, 0.05) is 31.4 Å². The first-order valence-corrected chi connectivity index (χ1v) is 6.86. The van der Waals surface area contributed by atoms with Crippen LogP contribution in [0, 0.1) is 6.92 Å². The maximum atomic E-state index is 11.2. The molecule has 1 unspecified atom stereocenters. The summed E-state index contributed by atoms with van der Waals surface area (Å²) in [5.74, 6) is -0.848. The number of hydrogen-bond acceptors (Lipinski definition) is 3. The van der Waals surface area contributed by atoms with E-state index in [9.17, 15) is 9.90 Å². The third kappa shape index (κ3) is 2.89. The Morgan fingerprint density at radius 2 is 2.16 bits per heavy atom. The van der Waals surface area contributed by atoms with Gasteiger partial charge < -0.3 is 10.0 Å². The Morgan fingerprint density at radius 3 is 2.74 bits per heavy atom. The molecule has 0 saturated carbocycles. The lowest BCUT2D eigenvalue weighted by Crippen LogP contribution is -2.51. The van der Waals surface area contributed by atoms with Crippen LogP contribution in [0.25, 0.3) is 0 Å². The highest BCUT2D eigenvalue weighted by Gasteiger charge is 2.23. The lowest BCUT2D eigenvalue weighted by atomic mass is 10.1. The van der Waals surface area contributed by atoms with Gasteiger partial charge in [-0.1, -0.05) is 13.0 Å². The second-order valence-corrected chi connectivity index (χ2v) is 5.23. The van der Waals surface area contributed by atoms with Crippen LogP contribution in [-0.4, -0.2) is 48.2 Å². The fraction of sp³-hybridized carbons (Fsp3) is 0.533. The van der Waals surface area contributed by atoms with E-state index in [4.69, 9.17) is 0 Å². The zero-order valence-corrected chi connectivity index (χ0v) is 11.9. The molecular formula is C15H22N2O2. The molecule has 1 aliphatic heterocycles. The molecule has 2 rings (SSSR count). The highest BCUT2D eigenvalue weighted by atomic mass is 16.4. The van der Waals surface area contributed by atoms with Gasteiger partial charge in [0.25, 0.3) is 0 Å². The molecule has 1 N–H and O–H groups in total. The third-order valence-electron chi connectivity index (χ3n) is 3.99. The molecule has 1 atom stereocenters. The highest BCUT2D eigenvalue weighted by Crippen LogP contribution is 2.22. The van der Waals surface area contributed by atoms with Gasteiger partial charge in [0.05, 0.1) is 5.56 Å². The van der Waals surface area contributed by atoms with Gasteiger partial charge in [0.1, 0.15) is 0 Å². The number of piperazine rings is 1. The first-order valence-electron chi connectivity index (χ1n) is 6.86. The average Bonchev–Trinajstić information content (AvgIpc) is 2.38. The van der Waals surface area contributed by atoms with Gasteiger partial charge in [0.2, 0.25) is 0 Å². The SMILES string of the molecule is CCN1CCN(c2ccc(C)c(C(=O)O)c2)CC1C. The summed E-state index contributed by atoms with van der Waals surface area (Å²) in [4.78, 5) is 15.9. The highest BCUT2D eigenvalue weighted by molar-refractivity contribution is 5.90. The lowest BCUT2D eigenvalue weighted by Gasteiger charge is -2.40. The minimum Gasteiger partial charge on any atom is -0.478 e. The van der Waals surface area contributed by atoms with Crippen LogP contribution >= 0.6 is 0 Å². The predicted octanol–water partition coefficient (Wildman–Crippen LogP) is 2.22. The van der Waals surface area contributed by atoms with E-state index in [0.717, 1.165) is 37.4 Å². The van der Waals surface area contributed by atoms with Crippen molar-refractivity contribution in [2.24, 2.45) is 0 Å². The van der Waals surface area contributed by atoms with Gasteiger partial charge in [-0.2, -0.15) is 0 Å². The van der Waals surface area contributed by atoms with Crippen LogP contribution in [0.15, 0.2) is 18.2 Å². The molecular weight excluding hydrogens is 240 g/mol. The molecule has 0 aliphatic carbocycles. The number of carboxylic acids is 1. The average molecular weight is 262 g/mol. The number of anilines is 1. The van der Waals surface area contributed by atoms with Crippen molar-refractivity contribution in [3.8, 4) is 0 Å². The Kier molecular flexibility index (Phi) is 4.10. The Bertz CT molecular complexity index is 473. The van der Waals surface area contributed by atoms with E-state index in [-0.39, 0.29) is 0 Å². The molecule has 1 aromatic carbocycles. The molecule has 1 fully saturated rings. The number of likely N-dealkylation sites (N-methyl/N-ethyl adjacent to an activating group) is 1. The maximum absolute atomic E-state index is 11.2. The molecule has 19 heavy (non-hydrogen) atoms. The van der Waals surface area contributed by atoms with Crippen molar-refractivity contribution in [3.05, 3.63) is 29.3 Å². The smallest absolute Gasteiger partial charge is 0.336 e. The Labute approximate surface area is 114 Å². The number of carbonyl (C=O) groups is 1. The zero-order valence-electron chi connectivity index (χ0n) is 11.9. The van der Waals surface area contributed by atoms with Crippen LogP contribution < -0.4 is 4.90 Å². The third-order valence-corrected chi connectivity index (χ3v) is 3.99. The van der Waals surface area contributed by atoms with E-state index >= 15 is 0 Å². The molecule has 0 amide bonds. The Balaban J connectivity index is 2.19. The molecule has 0 spiro atoms. The summed E-state index contributed by atoms with van der Waals surface area (Å²) in [5, 5.41) is 9.19. The van der Waals surface area contributed by atoms with Gasteiger partial charge in [-0.15, -0.1) is 0 Å². The van der Waals surface area contributed by atoms with Crippen molar-refractivity contribution in [2.45, 2.75) is 26.8 Å². The molecule has 0 aromatic heterocycles. The second kappa shape index (κ2) is 5.61. The summed E-state index contributed by atoms with van der Waals surface area (Å²) in [6.07, 6.45) is 0. The minimum atomic E-state index is -0.848. The van der Waals surface area contributed by atoms with Gasteiger partial charge in [-0.25, -0.2) is 4.79 Å². The Morgan fingerprint density at radius 1 is 1.42 bits per heavy atom. The Hall–Kier alpha value is -1.55. The topological polar surface area (TPSA) is 43.8 Å². The van der Waals surface area contributed by atoms with Crippen LogP contribution in [0.3, 0.4) is 0 Å². The first kappa shape index (κ1) is 13.9. The summed E-state index contributed by atoms with van der Waals surface area (Å²) >= 11 is 0. The van der Waals surface area contributed by atoms with E-state index in [1.807, 2.05) is 19.1 Å². The number of hydrogen-bond donors (Lipinski definition) is 1. The number of aryl methyl sites for hydroxylation is 1. The van der Waals surface area contributed by atoms with E-state index in [1.54, 1.807) is 6.07 Å². The van der Waals surface area contributed by atoms with Crippen LogP contribution in [0.4, 0.5) is 5.69 Å². The molecule has 4 nitrogen and oxygen atoms in total. The van der Waals surface area contributed by atoms with Crippen LogP contribution in [0.2, 0.25) is 0 Å². The largest absolute Gasteiger partial charge is 0.478 e. The van der Waals surface area contributed by atoms with Crippen molar-refractivity contribution in [1.82, 2.24) is 4.90 Å². The number of nitrogens with zero attached hydrogens (tertiary/aromatic N) is 2. The van der Waals surface area contributed by atoms with Crippen LogP contribution in [0.5, 0.6) is 0 Å². The molecule has 1 aliphatic rings. The normalized spacial score (nSPS) is 20.6. The van der Waals surface area contributed by atoms with Gasteiger partial charge >= 0.3 is 5.97 Å². The molecule has 4 heteroatoms. The predicted molar refractivity (Wildman–Crippen MR) is 77.1 cm³/mol. The van der Waals surface area contributed by atoms with Crippen LogP contribution in [0.1, 0.15) is 29.8 Å². The standard InChI is InChI=1S/C15H22N2O2/c1-4-16-7-8-17(10-12(16)3)13-6-5-11(2)14(9-13)15(18)19/h5-6,9,12H,4,7-8,10H2,1-3H3,(H,18,19). The quantitative estimate of drug-likeness (QED) is 0.907. The summed E-state index contributed by atoms with van der Waals surface area (Å²) in [6, 6.07) is 6.23. The van der Waals surface area contributed by atoms with Gasteiger partial charge in [-0.3, -0.25) is 4.90 Å². The fourth-order valence-corrected chi connectivity index (χ4v) is 2.74. The molecule has 1 saturated heterocycles. The molecule has 104 valence electrons. The minimum absolute atomic E-state index is 0.406. The van der Waals surface area contributed by atoms with Crippen LogP contribution in [-0.2, 0) is 0 Å². The van der Waals surface area contributed by atoms with Crippen molar-refractivity contribution < 1.29 is 9.90 Å². The summed E-state index contributed by atoms with van der Waals surface area (Å²) in [6.45, 7) is 10.3. The monoisotopic (exact) mass is 262 g/mol. The number of benzene rings is 1. The molecule has 1 heterocycles. The number of aromatic carboxylic acids is 1. The van der Waals surface area contributed by atoms with Crippen molar-refractivity contribution in [2.75, 3.05) is 31.1 Å². The lowest BCUT2D eigenvalue weighted by molar-refractivity contribution is 0.0696. The number of rotatable bonds is 3. The first-order chi connectivity index (χ1) is 9.02. The number of carboxylic acid groups (broad SMARTS) is 1. The zero-order chi connectivity index (χ0) is 14.0. The molecule has 0 bridgehead atoms. The maximum Gasteiger partial charge on any atom is 0.336 e. The molecule has 0 radical (unpaired) electrons. The molecule has 1 aromatic rings. The summed E-state index contributed by atoms with van der Waals surface area (Å²) in [7, 11) is 0. The fourth-order valence-electron chi connectivity index (χ4n) is 2.74. The van der Waals surface area contributed by atoms with E-state index in [2.05, 4.69) is 23.6 Å². The van der Waals surface area contributed by atoms with Gasteiger partial charge in [-0.05, 0) is 38.1 Å². The van der Waals surface area contributed by atoms with E-state index in [1.165, 1.54) is 0 Å². The van der Waals surface area contributed by atoms with E-state index < -0.39 is 5.97 Å². The summed E-state index contributed by atoms with van der Waals surface area (Å²) in [5.41, 5.74) is 2.24.